The molecule has 92 valence electrons. The predicted molar refractivity (Wildman–Crippen MR) is 67.8 cm³/mol. The van der Waals surface area contributed by atoms with Gasteiger partial charge >= 0.3 is 0 Å². The van der Waals surface area contributed by atoms with Gasteiger partial charge in [0.1, 0.15) is 0 Å². The summed E-state index contributed by atoms with van der Waals surface area (Å²) in [5.41, 5.74) is 7.66. The average molecular weight is 267 g/mol. The zero-order valence-corrected chi connectivity index (χ0v) is 10.3. The van der Waals surface area contributed by atoms with E-state index in [9.17, 15) is 10.2 Å². The topological polar surface area (TPSA) is 78.5 Å². The largest absolute Gasteiger partial charge is 0.504 e. The van der Waals surface area contributed by atoms with Crippen molar-refractivity contribution in [2.75, 3.05) is 13.1 Å². The van der Waals surface area contributed by atoms with Crippen molar-refractivity contribution in [2.45, 2.75) is 12.5 Å². The lowest BCUT2D eigenvalue weighted by molar-refractivity contribution is 0.399. The van der Waals surface area contributed by atoms with Gasteiger partial charge in [0.25, 0.3) is 0 Å². The first-order valence-electron chi connectivity index (χ1n) is 4.70. The molecule has 4 nitrogen and oxygen atoms in total. The molecule has 0 saturated carbocycles. The van der Waals surface area contributed by atoms with Gasteiger partial charge in [-0.15, -0.1) is 24.8 Å². The minimum absolute atomic E-state index is 0. The van der Waals surface area contributed by atoms with Crippen molar-refractivity contribution in [1.29, 1.82) is 0 Å². The minimum atomic E-state index is -0.0779. The summed E-state index contributed by atoms with van der Waals surface area (Å²) in [6.45, 7) is 1.36. The molecule has 1 heterocycles. The van der Waals surface area contributed by atoms with Crippen LogP contribution in [0, 0.1) is 0 Å². The molecule has 1 aliphatic heterocycles. The van der Waals surface area contributed by atoms with Gasteiger partial charge in [-0.05, 0) is 36.2 Å². The Bertz CT molecular complexity index is 361. The van der Waals surface area contributed by atoms with Gasteiger partial charge in [0, 0.05) is 12.6 Å². The Hall–Kier alpha value is -0.680. The van der Waals surface area contributed by atoms with Crippen LogP contribution in [0.15, 0.2) is 12.1 Å². The first-order valence-corrected chi connectivity index (χ1v) is 4.70. The van der Waals surface area contributed by atoms with Gasteiger partial charge in [-0.25, -0.2) is 0 Å². The Balaban J connectivity index is 0.00000112. The highest BCUT2D eigenvalue weighted by molar-refractivity contribution is 5.85. The lowest BCUT2D eigenvalue weighted by Crippen LogP contribution is -2.34. The molecule has 0 aliphatic carbocycles. The predicted octanol–water partition coefficient (Wildman–Crippen LogP) is 1.09. The van der Waals surface area contributed by atoms with E-state index in [1.807, 2.05) is 0 Å². The SMILES string of the molecule is Cl.Cl.NCC1NCCc2cc(O)c(O)cc21. The Kier molecular flexibility index (Phi) is 5.89. The van der Waals surface area contributed by atoms with Crippen molar-refractivity contribution in [3.63, 3.8) is 0 Å². The number of nitrogens with one attached hydrogen (secondary N) is 1. The standard InChI is InChI=1S/C10H14N2O2.2ClH/c11-5-8-7-4-10(14)9(13)3-6(7)1-2-12-8;;/h3-4,8,12-14H,1-2,5,11H2;2*1H. The molecule has 0 fully saturated rings. The molecule has 1 aliphatic rings. The minimum Gasteiger partial charge on any atom is -0.504 e. The fourth-order valence-electron chi connectivity index (χ4n) is 1.88. The van der Waals surface area contributed by atoms with Crippen molar-refractivity contribution in [3.05, 3.63) is 23.3 Å². The van der Waals surface area contributed by atoms with E-state index in [-0.39, 0.29) is 42.4 Å². The number of hydrogen-bond donors (Lipinski definition) is 4. The highest BCUT2D eigenvalue weighted by Crippen LogP contribution is 2.33. The summed E-state index contributed by atoms with van der Waals surface area (Å²) in [4.78, 5) is 0. The number of phenolic OH excluding ortho intramolecular Hbond substituents is 2. The van der Waals surface area contributed by atoms with Gasteiger partial charge in [0.15, 0.2) is 11.5 Å². The second-order valence-corrected chi connectivity index (χ2v) is 3.53. The number of hydrogen-bond acceptors (Lipinski definition) is 4. The van der Waals surface area contributed by atoms with Crippen LogP contribution >= 0.6 is 24.8 Å². The highest BCUT2D eigenvalue weighted by Gasteiger charge is 2.20. The van der Waals surface area contributed by atoms with Crippen LogP contribution in [0.5, 0.6) is 11.5 Å². The van der Waals surface area contributed by atoms with Crippen LogP contribution in [0.2, 0.25) is 0 Å². The molecule has 0 aromatic heterocycles. The Morgan fingerprint density at radius 3 is 2.50 bits per heavy atom. The van der Waals surface area contributed by atoms with Crippen LogP contribution in [0.4, 0.5) is 0 Å². The van der Waals surface area contributed by atoms with E-state index in [2.05, 4.69) is 5.32 Å². The van der Waals surface area contributed by atoms with Gasteiger partial charge in [-0.3, -0.25) is 0 Å². The van der Waals surface area contributed by atoms with Crippen molar-refractivity contribution in [3.8, 4) is 11.5 Å². The van der Waals surface area contributed by atoms with Crippen LogP contribution < -0.4 is 11.1 Å². The number of phenols is 2. The maximum absolute atomic E-state index is 9.37. The number of aromatic hydroxyl groups is 2. The molecule has 0 spiro atoms. The molecule has 1 aromatic carbocycles. The number of rotatable bonds is 1. The van der Waals surface area contributed by atoms with Crippen molar-refractivity contribution in [1.82, 2.24) is 5.32 Å². The summed E-state index contributed by atoms with van der Waals surface area (Å²) >= 11 is 0. The van der Waals surface area contributed by atoms with E-state index >= 15 is 0 Å². The molecule has 0 amide bonds. The third-order valence-corrected chi connectivity index (χ3v) is 2.63. The summed E-state index contributed by atoms with van der Waals surface area (Å²) in [6.07, 6.45) is 0.861. The molecule has 5 N–H and O–H groups in total. The van der Waals surface area contributed by atoms with Crippen molar-refractivity contribution in [2.24, 2.45) is 5.73 Å². The van der Waals surface area contributed by atoms with Crippen LogP contribution in [0.25, 0.3) is 0 Å². The van der Waals surface area contributed by atoms with Crippen LogP contribution in [-0.2, 0) is 6.42 Å². The first kappa shape index (κ1) is 15.3. The molecule has 2 rings (SSSR count). The van der Waals surface area contributed by atoms with E-state index in [4.69, 9.17) is 5.73 Å². The third-order valence-electron chi connectivity index (χ3n) is 2.63. The maximum atomic E-state index is 9.37. The second-order valence-electron chi connectivity index (χ2n) is 3.53. The zero-order valence-electron chi connectivity index (χ0n) is 8.64. The lowest BCUT2D eigenvalue weighted by Gasteiger charge is -2.26. The van der Waals surface area contributed by atoms with Crippen LogP contribution in [-0.4, -0.2) is 23.3 Å². The maximum Gasteiger partial charge on any atom is 0.157 e. The molecule has 0 bridgehead atoms. The summed E-state index contributed by atoms with van der Waals surface area (Å²) in [6, 6.07) is 3.30. The van der Waals surface area contributed by atoms with Gasteiger partial charge < -0.3 is 21.3 Å². The average Bonchev–Trinajstić information content (AvgIpc) is 2.19. The summed E-state index contributed by atoms with van der Waals surface area (Å²) < 4.78 is 0. The Labute approximate surface area is 107 Å². The quantitative estimate of drug-likeness (QED) is 0.574. The molecule has 1 unspecified atom stereocenters. The van der Waals surface area contributed by atoms with Crippen molar-refractivity contribution >= 4 is 24.8 Å². The summed E-state index contributed by atoms with van der Waals surface area (Å²) in [5, 5.41) is 22.0. The zero-order chi connectivity index (χ0) is 10.1. The molecule has 1 aromatic rings. The van der Waals surface area contributed by atoms with E-state index in [1.165, 1.54) is 0 Å². The number of nitrogens with two attached hydrogens (primary N) is 1. The van der Waals surface area contributed by atoms with Gasteiger partial charge in [-0.1, -0.05) is 0 Å². The fraction of sp³-hybridized carbons (Fsp3) is 0.400. The van der Waals surface area contributed by atoms with E-state index in [1.54, 1.807) is 12.1 Å². The van der Waals surface area contributed by atoms with Gasteiger partial charge in [0.2, 0.25) is 0 Å². The fourth-order valence-corrected chi connectivity index (χ4v) is 1.88. The normalized spacial score (nSPS) is 17.9. The number of halogens is 2. The van der Waals surface area contributed by atoms with Crippen LogP contribution in [0.3, 0.4) is 0 Å². The van der Waals surface area contributed by atoms with Gasteiger partial charge in [-0.2, -0.15) is 0 Å². The van der Waals surface area contributed by atoms with E-state index in [0.717, 1.165) is 24.1 Å². The molecule has 16 heavy (non-hydrogen) atoms. The monoisotopic (exact) mass is 266 g/mol. The van der Waals surface area contributed by atoms with E-state index < -0.39 is 0 Å². The molecule has 0 saturated heterocycles. The Morgan fingerprint density at radius 2 is 1.88 bits per heavy atom. The first-order chi connectivity index (χ1) is 6.72. The third kappa shape index (κ3) is 2.71. The number of benzene rings is 1. The Morgan fingerprint density at radius 1 is 1.25 bits per heavy atom. The second kappa shape index (κ2) is 6.15. The van der Waals surface area contributed by atoms with E-state index in [0.29, 0.717) is 6.54 Å². The smallest absolute Gasteiger partial charge is 0.157 e. The molecular formula is C10H16Cl2N2O2. The lowest BCUT2D eigenvalue weighted by atomic mass is 9.94. The van der Waals surface area contributed by atoms with Crippen LogP contribution in [0.1, 0.15) is 17.2 Å². The van der Waals surface area contributed by atoms with Gasteiger partial charge in [0.05, 0.1) is 0 Å². The molecular weight excluding hydrogens is 251 g/mol. The molecule has 0 radical (unpaired) electrons. The number of fused-ring (bicyclic) bond motifs is 1. The highest BCUT2D eigenvalue weighted by atomic mass is 35.5. The summed E-state index contributed by atoms with van der Waals surface area (Å²) in [7, 11) is 0. The molecule has 1 atom stereocenters. The molecule has 6 heteroatoms. The summed E-state index contributed by atoms with van der Waals surface area (Å²) in [5.74, 6) is -0.132. The van der Waals surface area contributed by atoms with Crippen molar-refractivity contribution < 1.29 is 10.2 Å².